The predicted molar refractivity (Wildman–Crippen MR) is 141 cm³/mol. The maximum Gasteiger partial charge on any atom is 0.411 e. The van der Waals surface area contributed by atoms with Crippen molar-refractivity contribution in [3.63, 3.8) is 0 Å². The number of carbonyl (C=O) groups is 2. The van der Waals surface area contributed by atoms with E-state index in [-0.39, 0.29) is 30.1 Å². The van der Waals surface area contributed by atoms with Gasteiger partial charge in [0.1, 0.15) is 23.5 Å². The standard InChI is InChI=1S/C28H37F2N3O6/c1-9-18-21(14-33(26(35)39-27(5,6)7)22(18)25(34)37-15-16(3)4)38-24-23(28(29,30)10-2)31-19-12-11-17(36-8)13-20(19)32-24/h10-13,16,18,21-22H,2,9,14-15H2,1,3-8H3/t18?,21-,22-/m0/s1. The van der Waals surface area contributed by atoms with Crippen LogP contribution in [0.15, 0.2) is 30.9 Å². The largest absolute Gasteiger partial charge is 0.497 e. The van der Waals surface area contributed by atoms with Gasteiger partial charge in [-0.3, -0.25) is 4.90 Å². The van der Waals surface area contributed by atoms with Gasteiger partial charge >= 0.3 is 18.0 Å². The molecule has 0 aliphatic carbocycles. The average Bonchev–Trinajstić information content (AvgIpc) is 3.23. The number of allylic oxidation sites excluding steroid dienone is 1. The highest BCUT2D eigenvalue weighted by atomic mass is 19.3. The van der Waals surface area contributed by atoms with Gasteiger partial charge in [-0.1, -0.05) is 27.4 Å². The number of methoxy groups -OCH3 is 1. The van der Waals surface area contributed by atoms with E-state index in [4.69, 9.17) is 18.9 Å². The van der Waals surface area contributed by atoms with E-state index in [0.29, 0.717) is 18.2 Å². The molecule has 1 amide bonds. The number of esters is 1. The summed E-state index contributed by atoms with van der Waals surface area (Å²) in [5, 5.41) is 0. The van der Waals surface area contributed by atoms with Crippen LogP contribution in [0.4, 0.5) is 13.6 Å². The van der Waals surface area contributed by atoms with E-state index in [1.807, 2.05) is 20.8 Å². The van der Waals surface area contributed by atoms with Crippen LogP contribution in [0.1, 0.15) is 53.7 Å². The first-order valence-electron chi connectivity index (χ1n) is 12.9. The number of nitrogens with zero attached hydrogens (tertiary/aromatic N) is 3. The number of carbonyl (C=O) groups excluding carboxylic acids is 2. The van der Waals surface area contributed by atoms with Gasteiger partial charge in [0.15, 0.2) is 5.69 Å². The van der Waals surface area contributed by atoms with Crippen molar-refractivity contribution < 1.29 is 37.3 Å². The van der Waals surface area contributed by atoms with Gasteiger partial charge < -0.3 is 18.9 Å². The molecule has 3 rings (SSSR count). The molecule has 1 fully saturated rings. The molecule has 214 valence electrons. The molecular weight excluding hydrogens is 512 g/mol. The normalized spacial score (nSPS) is 19.7. The maximum atomic E-state index is 15.0. The minimum Gasteiger partial charge on any atom is -0.497 e. The molecule has 1 aliphatic rings. The number of hydrogen-bond donors (Lipinski definition) is 0. The zero-order valence-electron chi connectivity index (χ0n) is 23.5. The summed E-state index contributed by atoms with van der Waals surface area (Å²) >= 11 is 0. The minimum atomic E-state index is -3.56. The van der Waals surface area contributed by atoms with Crippen LogP contribution in [0.25, 0.3) is 11.0 Å². The molecule has 11 heteroatoms. The molecule has 0 bridgehead atoms. The number of ether oxygens (including phenoxy) is 4. The van der Waals surface area contributed by atoms with Gasteiger partial charge in [0, 0.05) is 12.0 Å². The van der Waals surface area contributed by atoms with E-state index in [1.54, 1.807) is 32.9 Å². The van der Waals surface area contributed by atoms with Crippen molar-refractivity contribution in [2.45, 2.75) is 71.6 Å². The van der Waals surface area contributed by atoms with E-state index in [9.17, 15) is 18.4 Å². The molecule has 0 saturated carbocycles. The molecule has 1 aromatic heterocycles. The van der Waals surface area contributed by atoms with Gasteiger partial charge in [-0.25, -0.2) is 19.6 Å². The summed E-state index contributed by atoms with van der Waals surface area (Å²) in [6.45, 7) is 14.0. The van der Waals surface area contributed by atoms with Crippen molar-refractivity contribution in [3.8, 4) is 11.6 Å². The lowest BCUT2D eigenvalue weighted by Gasteiger charge is -2.29. The van der Waals surface area contributed by atoms with E-state index < -0.39 is 53.2 Å². The second-order valence-corrected chi connectivity index (χ2v) is 10.9. The van der Waals surface area contributed by atoms with Crippen LogP contribution < -0.4 is 9.47 Å². The van der Waals surface area contributed by atoms with Gasteiger partial charge in [-0.05, 0) is 51.3 Å². The lowest BCUT2D eigenvalue weighted by Crippen LogP contribution is -2.46. The summed E-state index contributed by atoms with van der Waals surface area (Å²) in [6, 6.07) is 3.62. The molecular formula is C28H37F2N3O6. The Kier molecular flexibility index (Phi) is 9.02. The number of fused-ring (bicyclic) bond motifs is 1. The third kappa shape index (κ3) is 6.93. The topological polar surface area (TPSA) is 100 Å². The molecule has 39 heavy (non-hydrogen) atoms. The van der Waals surface area contributed by atoms with Crippen LogP contribution >= 0.6 is 0 Å². The number of halogens is 2. The maximum absolute atomic E-state index is 15.0. The first-order valence-corrected chi connectivity index (χ1v) is 12.9. The highest BCUT2D eigenvalue weighted by Gasteiger charge is 2.51. The Morgan fingerprint density at radius 2 is 1.90 bits per heavy atom. The Morgan fingerprint density at radius 3 is 2.46 bits per heavy atom. The molecule has 1 saturated heterocycles. The zero-order chi connectivity index (χ0) is 29.1. The molecule has 0 N–H and O–H groups in total. The second kappa shape index (κ2) is 11.7. The van der Waals surface area contributed by atoms with Gasteiger partial charge in [0.05, 0.1) is 31.3 Å². The third-order valence-electron chi connectivity index (χ3n) is 6.17. The fourth-order valence-corrected chi connectivity index (χ4v) is 4.32. The highest BCUT2D eigenvalue weighted by Crippen LogP contribution is 2.38. The fraction of sp³-hybridized carbons (Fsp3) is 0.571. The first kappa shape index (κ1) is 30.0. The van der Waals surface area contributed by atoms with Crippen molar-refractivity contribution in [1.29, 1.82) is 0 Å². The number of hydrogen-bond acceptors (Lipinski definition) is 8. The highest BCUT2D eigenvalue weighted by molar-refractivity contribution is 5.83. The number of aromatic nitrogens is 2. The van der Waals surface area contributed by atoms with Crippen molar-refractivity contribution in [2.24, 2.45) is 11.8 Å². The summed E-state index contributed by atoms with van der Waals surface area (Å²) in [4.78, 5) is 36.1. The van der Waals surface area contributed by atoms with Crippen LogP contribution in [-0.4, -0.2) is 64.9 Å². The third-order valence-corrected chi connectivity index (χ3v) is 6.17. The van der Waals surface area contributed by atoms with Crippen molar-refractivity contribution in [1.82, 2.24) is 14.9 Å². The SMILES string of the molecule is C=CC(F)(F)c1nc2ccc(OC)cc2nc1O[C@H]1CN(C(=O)OC(C)(C)C)[C@H](C(=O)OCC(C)C)C1CC. The van der Waals surface area contributed by atoms with Gasteiger partial charge in [-0.15, -0.1) is 0 Å². The van der Waals surface area contributed by atoms with Crippen LogP contribution in [0.5, 0.6) is 11.6 Å². The Bertz CT molecular complexity index is 1210. The fourth-order valence-electron chi connectivity index (χ4n) is 4.32. The van der Waals surface area contributed by atoms with Gasteiger partial charge in [-0.2, -0.15) is 8.78 Å². The number of rotatable bonds is 9. The first-order chi connectivity index (χ1) is 18.2. The smallest absolute Gasteiger partial charge is 0.411 e. The van der Waals surface area contributed by atoms with Crippen molar-refractivity contribution >= 4 is 23.1 Å². The number of likely N-dealkylation sites (tertiary alicyclic amines) is 1. The van der Waals surface area contributed by atoms with Crippen LogP contribution in [-0.2, 0) is 20.2 Å². The summed E-state index contributed by atoms with van der Waals surface area (Å²) in [7, 11) is 1.47. The summed E-state index contributed by atoms with van der Waals surface area (Å²) in [5.41, 5.74) is -1.06. The Hall–Kier alpha value is -3.50. The molecule has 1 aromatic carbocycles. The van der Waals surface area contributed by atoms with E-state index in [0.717, 1.165) is 0 Å². The molecule has 1 aliphatic heterocycles. The Morgan fingerprint density at radius 1 is 1.21 bits per heavy atom. The number of amides is 1. The lowest BCUT2D eigenvalue weighted by atomic mass is 9.95. The monoisotopic (exact) mass is 549 g/mol. The quantitative estimate of drug-likeness (QED) is 0.298. The summed E-state index contributed by atoms with van der Waals surface area (Å²) < 4.78 is 52.3. The molecule has 3 atom stereocenters. The number of alkyl halides is 2. The molecule has 9 nitrogen and oxygen atoms in total. The van der Waals surface area contributed by atoms with E-state index in [2.05, 4.69) is 16.5 Å². The molecule has 0 spiro atoms. The van der Waals surface area contributed by atoms with Crippen molar-refractivity contribution in [3.05, 3.63) is 36.5 Å². The van der Waals surface area contributed by atoms with Crippen LogP contribution in [0.3, 0.4) is 0 Å². The predicted octanol–water partition coefficient (Wildman–Crippen LogP) is 5.51. The average molecular weight is 550 g/mol. The Labute approximate surface area is 227 Å². The molecule has 2 aromatic rings. The molecule has 0 radical (unpaired) electrons. The summed E-state index contributed by atoms with van der Waals surface area (Å²) in [5.74, 6) is -4.65. The second-order valence-electron chi connectivity index (χ2n) is 10.9. The summed E-state index contributed by atoms with van der Waals surface area (Å²) in [6.07, 6.45) is -0.766. The lowest BCUT2D eigenvalue weighted by molar-refractivity contribution is -0.151. The molecule has 1 unspecified atom stereocenters. The minimum absolute atomic E-state index is 0.0750. The zero-order valence-corrected chi connectivity index (χ0v) is 23.5. The van der Waals surface area contributed by atoms with Crippen molar-refractivity contribution in [2.75, 3.05) is 20.3 Å². The number of benzene rings is 1. The van der Waals surface area contributed by atoms with Gasteiger partial charge in [0.2, 0.25) is 5.88 Å². The Balaban J connectivity index is 2.06. The van der Waals surface area contributed by atoms with Crippen LogP contribution in [0.2, 0.25) is 0 Å². The molecule has 2 heterocycles. The van der Waals surface area contributed by atoms with E-state index in [1.165, 1.54) is 18.1 Å². The van der Waals surface area contributed by atoms with Gasteiger partial charge in [0.25, 0.3) is 0 Å². The van der Waals surface area contributed by atoms with Crippen LogP contribution in [0, 0.1) is 11.8 Å². The van der Waals surface area contributed by atoms with E-state index >= 15 is 0 Å².